The van der Waals surface area contributed by atoms with Gasteiger partial charge in [0.2, 0.25) is 0 Å². The highest BCUT2D eigenvalue weighted by Crippen LogP contribution is 2.31. The van der Waals surface area contributed by atoms with Gasteiger partial charge in [0.05, 0.1) is 19.8 Å². The number of aromatic nitrogens is 2. The van der Waals surface area contributed by atoms with Crippen LogP contribution in [0.4, 0.5) is 5.82 Å². The first-order valence-electron chi connectivity index (χ1n) is 10.6. The first kappa shape index (κ1) is 23.0. The topological polar surface area (TPSA) is 117 Å². The SMILES string of the molecule is CCOc1cc(C(C)(O)C(=O)N2CCOCC2)cnc1NC(=O)c1cc2cc(Cl)ccc2[nH]1. The summed E-state index contributed by atoms with van der Waals surface area (Å²) < 4.78 is 10.9. The van der Waals surface area contributed by atoms with Crippen molar-refractivity contribution < 1.29 is 24.2 Å². The van der Waals surface area contributed by atoms with Crippen LogP contribution >= 0.6 is 11.6 Å². The Kier molecular flexibility index (Phi) is 6.55. The van der Waals surface area contributed by atoms with Gasteiger partial charge in [0.1, 0.15) is 5.69 Å². The highest BCUT2D eigenvalue weighted by atomic mass is 35.5. The number of carbonyl (C=O) groups excluding carboxylic acids is 2. The molecule has 1 saturated heterocycles. The lowest BCUT2D eigenvalue weighted by atomic mass is 9.95. The number of aromatic amines is 1. The minimum Gasteiger partial charge on any atom is -0.490 e. The molecule has 2 aromatic heterocycles. The summed E-state index contributed by atoms with van der Waals surface area (Å²) in [5.41, 5.74) is -0.443. The van der Waals surface area contributed by atoms with Crippen molar-refractivity contribution in [2.45, 2.75) is 19.4 Å². The zero-order valence-corrected chi connectivity index (χ0v) is 19.1. The van der Waals surface area contributed by atoms with Gasteiger partial charge >= 0.3 is 0 Å². The third-order valence-corrected chi connectivity index (χ3v) is 5.72. The van der Waals surface area contributed by atoms with Crippen molar-refractivity contribution in [3.63, 3.8) is 0 Å². The van der Waals surface area contributed by atoms with Crippen LogP contribution in [0.1, 0.15) is 29.9 Å². The van der Waals surface area contributed by atoms with E-state index in [0.717, 1.165) is 10.9 Å². The summed E-state index contributed by atoms with van der Waals surface area (Å²) in [6.45, 7) is 5.18. The van der Waals surface area contributed by atoms with E-state index >= 15 is 0 Å². The Morgan fingerprint density at radius 3 is 2.79 bits per heavy atom. The van der Waals surface area contributed by atoms with Gasteiger partial charge in [-0.15, -0.1) is 0 Å². The molecule has 1 aliphatic heterocycles. The maximum Gasteiger partial charge on any atom is 0.273 e. The smallest absolute Gasteiger partial charge is 0.273 e. The Bertz CT molecular complexity index is 1190. The van der Waals surface area contributed by atoms with Gasteiger partial charge in [0.25, 0.3) is 11.8 Å². The molecule has 0 bridgehead atoms. The molecular formula is C23H25ClN4O5. The van der Waals surface area contributed by atoms with Crippen molar-refractivity contribution in [3.05, 3.63) is 52.8 Å². The van der Waals surface area contributed by atoms with E-state index in [1.54, 1.807) is 36.1 Å². The number of halogens is 1. The quantitative estimate of drug-likeness (QED) is 0.508. The van der Waals surface area contributed by atoms with Gasteiger partial charge in [-0.05, 0) is 44.2 Å². The summed E-state index contributed by atoms with van der Waals surface area (Å²) in [5, 5.41) is 15.1. The fraction of sp³-hybridized carbons (Fsp3) is 0.348. The van der Waals surface area contributed by atoms with Gasteiger partial charge in [-0.3, -0.25) is 9.59 Å². The molecule has 1 atom stereocenters. The fourth-order valence-corrected chi connectivity index (χ4v) is 3.85. The number of rotatable bonds is 6. The van der Waals surface area contributed by atoms with Crippen LogP contribution in [-0.4, -0.2) is 64.7 Å². The number of nitrogens with one attached hydrogen (secondary N) is 2. The number of hydrogen-bond donors (Lipinski definition) is 3. The number of aliphatic hydroxyl groups is 1. The van der Waals surface area contributed by atoms with Gasteiger partial charge in [-0.25, -0.2) is 4.98 Å². The number of carbonyl (C=O) groups is 2. The van der Waals surface area contributed by atoms with Gasteiger partial charge in [-0.2, -0.15) is 0 Å². The van der Waals surface area contributed by atoms with E-state index in [9.17, 15) is 14.7 Å². The molecule has 3 aromatic rings. The predicted molar refractivity (Wildman–Crippen MR) is 124 cm³/mol. The number of ether oxygens (including phenoxy) is 2. The molecule has 2 amide bonds. The third kappa shape index (κ3) is 4.80. The normalized spacial score (nSPS) is 15.8. The minimum atomic E-state index is -1.81. The molecule has 1 aliphatic rings. The van der Waals surface area contributed by atoms with E-state index in [1.165, 1.54) is 19.2 Å². The Hall–Kier alpha value is -3.14. The molecule has 0 spiro atoms. The zero-order valence-electron chi connectivity index (χ0n) is 18.4. The van der Waals surface area contributed by atoms with Crippen molar-refractivity contribution in [3.8, 4) is 5.75 Å². The monoisotopic (exact) mass is 472 g/mol. The lowest BCUT2D eigenvalue weighted by molar-refractivity contribution is -0.154. The van der Waals surface area contributed by atoms with Crippen molar-refractivity contribution in [1.82, 2.24) is 14.9 Å². The lowest BCUT2D eigenvalue weighted by Crippen LogP contribution is -2.49. The standard InChI is InChI=1S/C23H25ClN4O5/c1-3-33-19-12-15(23(2,31)22(30)28-6-8-32-9-7-28)13-25-20(19)27-21(29)18-11-14-10-16(24)4-5-17(14)26-18/h4-5,10-13,26,31H,3,6-9H2,1-2H3,(H,25,27,29). The van der Waals surface area contributed by atoms with Crippen LogP contribution in [0.15, 0.2) is 36.5 Å². The minimum absolute atomic E-state index is 0.178. The highest BCUT2D eigenvalue weighted by Gasteiger charge is 2.38. The molecule has 1 aromatic carbocycles. The molecule has 33 heavy (non-hydrogen) atoms. The van der Waals surface area contributed by atoms with Gasteiger partial charge < -0.3 is 29.8 Å². The number of morpholine rings is 1. The number of pyridine rings is 1. The molecule has 9 nitrogen and oxygen atoms in total. The van der Waals surface area contributed by atoms with Crippen molar-refractivity contribution >= 4 is 40.1 Å². The number of anilines is 1. The number of nitrogens with zero attached hydrogens (tertiary/aromatic N) is 2. The average Bonchev–Trinajstić information content (AvgIpc) is 3.23. The molecule has 3 heterocycles. The van der Waals surface area contributed by atoms with Crippen LogP contribution in [0.25, 0.3) is 10.9 Å². The number of H-pyrrole nitrogens is 1. The molecule has 3 N–H and O–H groups in total. The number of hydrogen-bond acceptors (Lipinski definition) is 6. The van der Waals surface area contributed by atoms with Crippen LogP contribution in [0.2, 0.25) is 5.02 Å². The fourth-order valence-electron chi connectivity index (χ4n) is 3.67. The Morgan fingerprint density at radius 1 is 1.30 bits per heavy atom. The van der Waals surface area contributed by atoms with Crippen LogP contribution in [0.5, 0.6) is 5.75 Å². The molecule has 4 rings (SSSR count). The summed E-state index contributed by atoms with van der Waals surface area (Å²) in [5.74, 6) is -0.433. The molecule has 0 radical (unpaired) electrons. The summed E-state index contributed by atoms with van der Waals surface area (Å²) in [6.07, 6.45) is 1.36. The maximum atomic E-state index is 12.9. The zero-order chi connectivity index (χ0) is 23.6. The van der Waals surface area contributed by atoms with E-state index < -0.39 is 17.4 Å². The second-order valence-corrected chi connectivity index (χ2v) is 8.29. The Morgan fingerprint density at radius 2 is 2.06 bits per heavy atom. The third-order valence-electron chi connectivity index (χ3n) is 5.49. The van der Waals surface area contributed by atoms with E-state index in [4.69, 9.17) is 21.1 Å². The first-order chi connectivity index (χ1) is 15.8. The van der Waals surface area contributed by atoms with Crippen LogP contribution in [0, 0.1) is 0 Å². The Balaban J connectivity index is 1.58. The summed E-state index contributed by atoms with van der Waals surface area (Å²) >= 11 is 6.02. The van der Waals surface area contributed by atoms with E-state index in [2.05, 4.69) is 15.3 Å². The largest absolute Gasteiger partial charge is 0.490 e. The first-order valence-corrected chi connectivity index (χ1v) is 11.0. The van der Waals surface area contributed by atoms with Crippen molar-refractivity contribution in [1.29, 1.82) is 0 Å². The second-order valence-electron chi connectivity index (χ2n) is 7.85. The molecular weight excluding hydrogens is 448 g/mol. The van der Waals surface area contributed by atoms with E-state index in [1.807, 2.05) is 0 Å². The van der Waals surface area contributed by atoms with E-state index in [0.29, 0.717) is 43.6 Å². The summed E-state index contributed by atoms with van der Waals surface area (Å²) in [7, 11) is 0. The lowest BCUT2D eigenvalue weighted by Gasteiger charge is -2.33. The van der Waals surface area contributed by atoms with Crippen molar-refractivity contribution in [2.24, 2.45) is 0 Å². The molecule has 0 aliphatic carbocycles. The van der Waals surface area contributed by atoms with Gasteiger partial charge in [0, 0.05) is 40.8 Å². The van der Waals surface area contributed by atoms with Gasteiger partial charge in [0.15, 0.2) is 17.2 Å². The number of benzene rings is 1. The van der Waals surface area contributed by atoms with Crippen LogP contribution < -0.4 is 10.1 Å². The Labute approximate surface area is 195 Å². The summed E-state index contributed by atoms with van der Waals surface area (Å²) in [6, 6.07) is 8.50. The van der Waals surface area contributed by atoms with Crippen molar-refractivity contribution in [2.75, 3.05) is 38.2 Å². The average molecular weight is 473 g/mol. The highest BCUT2D eigenvalue weighted by molar-refractivity contribution is 6.31. The molecule has 1 unspecified atom stereocenters. The van der Waals surface area contributed by atoms with Crippen LogP contribution in [0.3, 0.4) is 0 Å². The number of amides is 2. The van der Waals surface area contributed by atoms with E-state index in [-0.39, 0.29) is 17.1 Å². The molecule has 10 heteroatoms. The number of fused-ring (bicyclic) bond motifs is 1. The molecule has 174 valence electrons. The second kappa shape index (κ2) is 9.38. The maximum absolute atomic E-state index is 12.9. The summed E-state index contributed by atoms with van der Waals surface area (Å²) in [4.78, 5) is 34.6. The van der Waals surface area contributed by atoms with Crippen LogP contribution in [-0.2, 0) is 15.1 Å². The molecule has 0 saturated carbocycles. The van der Waals surface area contributed by atoms with Gasteiger partial charge in [-0.1, -0.05) is 11.6 Å². The predicted octanol–water partition coefficient (Wildman–Crippen LogP) is 2.93. The molecule has 1 fully saturated rings.